The standard InChI is InChI=1S/C13H10ClFN4O2S/c14-9-4-8(1-2-10(9)15)19-5-7(3-11(19)20)12(21)17-13-18-16-6-22-13/h1-2,4,6-7H,3,5H2,(H,17,18,21). The fraction of sp³-hybridized carbons (Fsp3) is 0.231. The zero-order chi connectivity index (χ0) is 15.7. The van der Waals surface area contributed by atoms with E-state index in [1.54, 1.807) is 0 Å². The van der Waals surface area contributed by atoms with E-state index in [1.807, 2.05) is 0 Å². The minimum Gasteiger partial charge on any atom is -0.312 e. The van der Waals surface area contributed by atoms with E-state index in [0.717, 1.165) is 0 Å². The molecule has 0 radical (unpaired) electrons. The van der Waals surface area contributed by atoms with Gasteiger partial charge in [-0.05, 0) is 18.2 Å². The van der Waals surface area contributed by atoms with Crippen molar-refractivity contribution >= 4 is 45.6 Å². The highest BCUT2D eigenvalue weighted by atomic mass is 35.5. The molecule has 1 aliphatic heterocycles. The third-order valence-electron chi connectivity index (χ3n) is 3.30. The topological polar surface area (TPSA) is 75.2 Å². The van der Waals surface area contributed by atoms with Crippen LogP contribution in [-0.4, -0.2) is 28.6 Å². The minimum atomic E-state index is -0.553. The van der Waals surface area contributed by atoms with Gasteiger partial charge in [0.15, 0.2) is 0 Å². The van der Waals surface area contributed by atoms with Gasteiger partial charge >= 0.3 is 0 Å². The largest absolute Gasteiger partial charge is 0.312 e. The normalized spacial score (nSPS) is 17.8. The van der Waals surface area contributed by atoms with Crippen LogP contribution in [0.1, 0.15) is 6.42 Å². The molecule has 1 fully saturated rings. The molecule has 0 spiro atoms. The lowest BCUT2D eigenvalue weighted by atomic mass is 10.1. The SMILES string of the molecule is O=C(Nc1nncs1)C1CC(=O)N(c2ccc(F)c(Cl)c2)C1. The van der Waals surface area contributed by atoms with Crippen LogP contribution < -0.4 is 10.2 Å². The van der Waals surface area contributed by atoms with E-state index in [-0.39, 0.29) is 29.8 Å². The van der Waals surface area contributed by atoms with E-state index in [2.05, 4.69) is 15.5 Å². The first kappa shape index (κ1) is 14.9. The molecular formula is C13H10ClFN4O2S. The summed E-state index contributed by atoms with van der Waals surface area (Å²) in [5, 5.41) is 10.3. The summed E-state index contributed by atoms with van der Waals surface area (Å²) in [7, 11) is 0. The molecular weight excluding hydrogens is 331 g/mol. The molecule has 0 bridgehead atoms. The fourth-order valence-electron chi connectivity index (χ4n) is 2.22. The molecule has 2 aromatic rings. The number of rotatable bonds is 3. The molecule has 1 aromatic heterocycles. The summed E-state index contributed by atoms with van der Waals surface area (Å²) in [6, 6.07) is 4.03. The lowest BCUT2D eigenvalue weighted by molar-refractivity contribution is -0.122. The highest BCUT2D eigenvalue weighted by Gasteiger charge is 2.35. The summed E-state index contributed by atoms with van der Waals surface area (Å²) < 4.78 is 13.2. The second kappa shape index (κ2) is 5.98. The summed E-state index contributed by atoms with van der Waals surface area (Å²) >= 11 is 6.93. The first-order valence-electron chi connectivity index (χ1n) is 6.37. The number of hydrogen-bond acceptors (Lipinski definition) is 5. The van der Waals surface area contributed by atoms with Crippen LogP contribution in [0.25, 0.3) is 0 Å². The lowest BCUT2D eigenvalue weighted by Crippen LogP contribution is -2.28. The second-order valence-corrected chi connectivity index (χ2v) is 5.98. The monoisotopic (exact) mass is 340 g/mol. The van der Waals surface area contributed by atoms with Crippen LogP contribution in [0.3, 0.4) is 0 Å². The maximum atomic E-state index is 13.2. The number of aromatic nitrogens is 2. The van der Waals surface area contributed by atoms with Gasteiger partial charge in [-0.1, -0.05) is 22.9 Å². The van der Waals surface area contributed by atoms with Crippen LogP contribution in [0.5, 0.6) is 0 Å². The van der Waals surface area contributed by atoms with Gasteiger partial charge in [0.25, 0.3) is 0 Å². The number of benzene rings is 1. The van der Waals surface area contributed by atoms with Crippen molar-refractivity contribution in [1.29, 1.82) is 0 Å². The maximum absolute atomic E-state index is 13.2. The molecule has 2 amide bonds. The molecule has 114 valence electrons. The van der Waals surface area contributed by atoms with E-state index in [1.165, 1.54) is 39.9 Å². The van der Waals surface area contributed by atoms with E-state index in [9.17, 15) is 14.0 Å². The van der Waals surface area contributed by atoms with Crippen molar-refractivity contribution in [2.24, 2.45) is 5.92 Å². The molecule has 1 atom stereocenters. The Hall–Kier alpha value is -2.06. The number of nitrogens with zero attached hydrogens (tertiary/aromatic N) is 3. The predicted molar refractivity (Wildman–Crippen MR) is 80.4 cm³/mol. The smallest absolute Gasteiger partial charge is 0.231 e. The molecule has 1 aliphatic rings. The Kier molecular flexibility index (Phi) is 4.04. The Balaban J connectivity index is 1.72. The van der Waals surface area contributed by atoms with Gasteiger partial charge in [0.1, 0.15) is 11.3 Å². The van der Waals surface area contributed by atoms with Crippen molar-refractivity contribution < 1.29 is 14.0 Å². The van der Waals surface area contributed by atoms with Crippen LogP contribution >= 0.6 is 22.9 Å². The zero-order valence-corrected chi connectivity index (χ0v) is 12.7. The molecule has 2 heterocycles. The van der Waals surface area contributed by atoms with E-state index in [4.69, 9.17) is 11.6 Å². The van der Waals surface area contributed by atoms with E-state index >= 15 is 0 Å². The first-order chi connectivity index (χ1) is 10.5. The molecule has 1 unspecified atom stereocenters. The van der Waals surface area contributed by atoms with Crippen LogP contribution in [0.2, 0.25) is 5.02 Å². The number of carbonyl (C=O) groups excluding carboxylic acids is 2. The highest BCUT2D eigenvalue weighted by Crippen LogP contribution is 2.29. The average Bonchev–Trinajstić information content (AvgIpc) is 3.11. The van der Waals surface area contributed by atoms with Gasteiger partial charge in [0.05, 0.1) is 10.9 Å². The van der Waals surface area contributed by atoms with Crippen molar-refractivity contribution in [1.82, 2.24) is 10.2 Å². The van der Waals surface area contributed by atoms with Gasteiger partial charge in [-0.15, -0.1) is 10.2 Å². The summed E-state index contributed by atoms with van der Waals surface area (Å²) in [4.78, 5) is 25.6. The van der Waals surface area contributed by atoms with Crippen molar-refractivity contribution in [2.75, 3.05) is 16.8 Å². The van der Waals surface area contributed by atoms with Crippen molar-refractivity contribution in [3.8, 4) is 0 Å². The lowest BCUT2D eigenvalue weighted by Gasteiger charge is -2.17. The maximum Gasteiger partial charge on any atom is 0.231 e. The van der Waals surface area contributed by atoms with E-state index in [0.29, 0.717) is 10.8 Å². The average molecular weight is 341 g/mol. The molecule has 0 aliphatic carbocycles. The molecule has 3 rings (SSSR count). The molecule has 0 saturated carbocycles. The van der Waals surface area contributed by atoms with Gasteiger partial charge in [0.2, 0.25) is 16.9 Å². The van der Waals surface area contributed by atoms with E-state index < -0.39 is 11.7 Å². The molecule has 6 nitrogen and oxygen atoms in total. The number of nitrogens with one attached hydrogen (secondary N) is 1. The molecule has 22 heavy (non-hydrogen) atoms. The van der Waals surface area contributed by atoms with Crippen LogP contribution in [-0.2, 0) is 9.59 Å². The van der Waals surface area contributed by atoms with Crippen LogP contribution in [0.15, 0.2) is 23.7 Å². The van der Waals surface area contributed by atoms with Crippen LogP contribution in [0.4, 0.5) is 15.2 Å². The summed E-state index contributed by atoms with van der Waals surface area (Å²) in [5.41, 5.74) is 1.98. The summed E-state index contributed by atoms with van der Waals surface area (Å²) in [5.74, 6) is -1.55. The Morgan fingerprint density at radius 3 is 3.00 bits per heavy atom. The van der Waals surface area contributed by atoms with Gasteiger partial charge in [-0.25, -0.2) is 4.39 Å². The highest BCUT2D eigenvalue weighted by molar-refractivity contribution is 7.13. The predicted octanol–water partition coefficient (Wildman–Crippen LogP) is 2.32. The van der Waals surface area contributed by atoms with Crippen molar-refractivity contribution in [3.63, 3.8) is 0 Å². The third-order valence-corrected chi connectivity index (χ3v) is 4.20. The van der Waals surface area contributed by atoms with Crippen LogP contribution in [0, 0.1) is 11.7 Å². The number of halogens is 2. The number of anilines is 2. The van der Waals surface area contributed by atoms with Gasteiger partial charge in [0, 0.05) is 18.7 Å². The van der Waals surface area contributed by atoms with Gasteiger partial charge in [-0.2, -0.15) is 0 Å². The van der Waals surface area contributed by atoms with Crippen molar-refractivity contribution in [2.45, 2.75) is 6.42 Å². The molecule has 9 heteroatoms. The second-order valence-electron chi connectivity index (χ2n) is 4.74. The Morgan fingerprint density at radius 1 is 1.50 bits per heavy atom. The number of hydrogen-bond donors (Lipinski definition) is 1. The Bertz CT molecular complexity index is 725. The summed E-state index contributed by atoms with van der Waals surface area (Å²) in [6.45, 7) is 0.214. The minimum absolute atomic E-state index is 0.0629. The molecule has 1 saturated heterocycles. The number of carbonyl (C=O) groups is 2. The van der Waals surface area contributed by atoms with Crippen molar-refractivity contribution in [3.05, 3.63) is 34.5 Å². The van der Waals surface area contributed by atoms with Gasteiger partial charge in [-0.3, -0.25) is 9.59 Å². The molecule has 1 aromatic carbocycles. The summed E-state index contributed by atoms with van der Waals surface area (Å²) in [6.07, 6.45) is 0.0830. The Morgan fingerprint density at radius 2 is 2.32 bits per heavy atom. The Labute approximate surface area is 133 Å². The molecule has 1 N–H and O–H groups in total. The quantitative estimate of drug-likeness (QED) is 0.930. The third kappa shape index (κ3) is 2.93. The first-order valence-corrected chi connectivity index (χ1v) is 7.63. The zero-order valence-electron chi connectivity index (χ0n) is 11.1. The van der Waals surface area contributed by atoms with Gasteiger partial charge < -0.3 is 10.2 Å². The number of amides is 2. The fourth-order valence-corrected chi connectivity index (χ4v) is 2.84.